The van der Waals surface area contributed by atoms with Crippen molar-refractivity contribution in [3.05, 3.63) is 17.3 Å². The number of hydrogen-bond acceptors (Lipinski definition) is 4. The number of nitrogen functional groups attached to an aromatic ring is 1. The fourth-order valence-corrected chi connectivity index (χ4v) is 2.36. The maximum atomic E-state index is 5.94. The van der Waals surface area contributed by atoms with E-state index in [-0.39, 0.29) is 0 Å². The summed E-state index contributed by atoms with van der Waals surface area (Å²) < 4.78 is 2.04. The van der Waals surface area contributed by atoms with E-state index in [2.05, 4.69) is 23.2 Å². The molecule has 4 nitrogen and oxygen atoms in total. The molecule has 0 aliphatic rings. The van der Waals surface area contributed by atoms with Gasteiger partial charge in [-0.2, -0.15) is 0 Å². The van der Waals surface area contributed by atoms with Crippen LogP contribution >= 0.6 is 11.3 Å². The minimum atomic E-state index is 0.817. The largest absolute Gasteiger partial charge is 0.390 e. The van der Waals surface area contributed by atoms with Crippen molar-refractivity contribution in [3.63, 3.8) is 0 Å². The third-order valence-corrected chi connectivity index (χ3v) is 3.08. The van der Waals surface area contributed by atoms with Gasteiger partial charge in [-0.3, -0.25) is 0 Å². The lowest BCUT2D eigenvalue weighted by atomic mass is 10.2. The van der Waals surface area contributed by atoms with E-state index < -0.39 is 0 Å². The predicted octanol–water partition coefficient (Wildman–Crippen LogP) is 2.31. The zero-order chi connectivity index (χ0) is 10.8. The minimum Gasteiger partial charge on any atom is -0.390 e. The van der Waals surface area contributed by atoms with E-state index >= 15 is 0 Å². The monoisotopic (exact) mass is 222 g/mol. The molecule has 0 unspecified atom stereocenters. The highest BCUT2D eigenvalue weighted by atomic mass is 32.1. The van der Waals surface area contributed by atoms with Gasteiger partial charge in [-0.15, -0.1) is 21.5 Å². The predicted molar refractivity (Wildman–Crippen MR) is 62.8 cm³/mol. The maximum Gasteiger partial charge on any atom is 0.166 e. The highest BCUT2D eigenvalue weighted by Crippen LogP contribution is 2.32. The van der Waals surface area contributed by atoms with Gasteiger partial charge in [-0.25, -0.2) is 0 Å². The first kappa shape index (κ1) is 10.2. The summed E-state index contributed by atoms with van der Waals surface area (Å²) in [6, 6.07) is 2.07. The Morgan fingerprint density at radius 2 is 2.33 bits per heavy atom. The lowest BCUT2D eigenvalue weighted by molar-refractivity contribution is 0.683. The van der Waals surface area contributed by atoms with Gasteiger partial charge >= 0.3 is 0 Å². The van der Waals surface area contributed by atoms with Crippen LogP contribution in [0.4, 0.5) is 5.00 Å². The maximum absolute atomic E-state index is 5.94. The van der Waals surface area contributed by atoms with Crippen molar-refractivity contribution in [2.24, 2.45) is 0 Å². The number of aryl methyl sites for hydroxylation is 2. The highest BCUT2D eigenvalue weighted by molar-refractivity contribution is 7.16. The molecule has 0 fully saturated rings. The highest BCUT2D eigenvalue weighted by Gasteiger charge is 2.12. The van der Waals surface area contributed by atoms with Crippen molar-refractivity contribution >= 4 is 16.3 Å². The average molecular weight is 222 g/mol. The standard InChI is InChI=1S/C10H14N4S/c1-3-4-14-6-12-13-10(14)8-5-7(2)15-9(8)11/h5-6H,3-4,11H2,1-2H3. The molecule has 0 bridgehead atoms. The van der Waals surface area contributed by atoms with Crippen LogP contribution in [0.2, 0.25) is 0 Å². The number of rotatable bonds is 3. The summed E-state index contributed by atoms with van der Waals surface area (Å²) in [6.45, 7) is 5.10. The summed E-state index contributed by atoms with van der Waals surface area (Å²) in [5, 5.41) is 8.87. The van der Waals surface area contributed by atoms with Crippen LogP contribution < -0.4 is 5.73 Å². The van der Waals surface area contributed by atoms with Gasteiger partial charge in [0.15, 0.2) is 5.82 Å². The van der Waals surface area contributed by atoms with Crippen LogP contribution in [0.1, 0.15) is 18.2 Å². The molecule has 0 atom stereocenters. The van der Waals surface area contributed by atoms with Crippen LogP contribution in [0.15, 0.2) is 12.4 Å². The van der Waals surface area contributed by atoms with Crippen LogP contribution in [0.5, 0.6) is 0 Å². The smallest absolute Gasteiger partial charge is 0.166 e. The number of thiophene rings is 1. The van der Waals surface area contributed by atoms with Gasteiger partial charge in [0.05, 0.1) is 10.6 Å². The van der Waals surface area contributed by atoms with Gasteiger partial charge in [0.2, 0.25) is 0 Å². The fraction of sp³-hybridized carbons (Fsp3) is 0.400. The molecule has 2 heterocycles. The van der Waals surface area contributed by atoms with E-state index in [0.29, 0.717) is 0 Å². The molecule has 2 aromatic heterocycles. The van der Waals surface area contributed by atoms with Crippen molar-refractivity contribution in [1.29, 1.82) is 0 Å². The molecule has 0 aromatic carbocycles. The molecule has 0 saturated carbocycles. The first-order valence-electron chi connectivity index (χ1n) is 4.96. The molecule has 0 radical (unpaired) electrons. The molecular weight excluding hydrogens is 208 g/mol. The van der Waals surface area contributed by atoms with Gasteiger partial charge in [0.25, 0.3) is 0 Å². The van der Waals surface area contributed by atoms with Gasteiger partial charge in [0, 0.05) is 11.4 Å². The van der Waals surface area contributed by atoms with E-state index in [4.69, 9.17) is 5.73 Å². The Morgan fingerprint density at radius 1 is 1.53 bits per heavy atom. The van der Waals surface area contributed by atoms with Crippen molar-refractivity contribution in [2.45, 2.75) is 26.8 Å². The number of nitrogens with two attached hydrogens (primary N) is 1. The van der Waals surface area contributed by atoms with Crippen molar-refractivity contribution in [2.75, 3.05) is 5.73 Å². The molecule has 0 spiro atoms. The number of hydrogen-bond donors (Lipinski definition) is 1. The van der Waals surface area contributed by atoms with Crippen LogP contribution in [-0.2, 0) is 6.54 Å². The normalized spacial score (nSPS) is 10.8. The van der Waals surface area contributed by atoms with Gasteiger partial charge in [0.1, 0.15) is 6.33 Å². The minimum absolute atomic E-state index is 0.817. The summed E-state index contributed by atoms with van der Waals surface area (Å²) >= 11 is 1.59. The van der Waals surface area contributed by atoms with Crippen LogP contribution in [0.25, 0.3) is 11.4 Å². The second-order valence-electron chi connectivity index (χ2n) is 3.48. The summed E-state index contributed by atoms with van der Waals surface area (Å²) in [7, 11) is 0. The zero-order valence-electron chi connectivity index (χ0n) is 8.90. The molecule has 2 N–H and O–H groups in total. The third kappa shape index (κ3) is 1.87. The fourth-order valence-electron chi connectivity index (χ4n) is 1.58. The molecule has 80 valence electrons. The van der Waals surface area contributed by atoms with E-state index in [1.165, 1.54) is 4.88 Å². The SMILES string of the molecule is CCCn1cnnc1-c1cc(C)sc1N. The topological polar surface area (TPSA) is 56.7 Å². The second kappa shape index (κ2) is 4.02. The molecule has 15 heavy (non-hydrogen) atoms. The Bertz CT molecular complexity index is 458. The van der Waals surface area contributed by atoms with Crippen LogP contribution in [0.3, 0.4) is 0 Å². The molecular formula is C10H14N4S. The Morgan fingerprint density at radius 3 is 2.93 bits per heavy atom. The molecule has 0 saturated heterocycles. The van der Waals surface area contributed by atoms with E-state index in [1.807, 2.05) is 11.5 Å². The Balaban J connectivity index is 2.44. The summed E-state index contributed by atoms with van der Waals surface area (Å²) in [5.41, 5.74) is 6.94. The van der Waals surface area contributed by atoms with Crippen molar-refractivity contribution < 1.29 is 0 Å². The van der Waals surface area contributed by atoms with Crippen LogP contribution in [0, 0.1) is 6.92 Å². The molecule has 5 heteroatoms. The van der Waals surface area contributed by atoms with Crippen molar-refractivity contribution in [3.8, 4) is 11.4 Å². The Hall–Kier alpha value is -1.36. The van der Waals surface area contributed by atoms with E-state index in [1.54, 1.807) is 17.7 Å². The van der Waals surface area contributed by atoms with Crippen molar-refractivity contribution in [1.82, 2.24) is 14.8 Å². The average Bonchev–Trinajstić information content (AvgIpc) is 2.73. The van der Waals surface area contributed by atoms with E-state index in [0.717, 1.165) is 29.4 Å². The number of aromatic nitrogens is 3. The summed E-state index contributed by atoms with van der Waals surface area (Å²) in [5.74, 6) is 0.874. The molecule has 0 aliphatic carbocycles. The number of nitrogens with zero attached hydrogens (tertiary/aromatic N) is 3. The van der Waals surface area contributed by atoms with Crippen LogP contribution in [-0.4, -0.2) is 14.8 Å². The molecule has 0 aliphatic heterocycles. The Labute approximate surface area is 92.8 Å². The zero-order valence-corrected chi connectivity index (χ0v) is 9.71. The molecule has 0 amide bonds. The van der Waals surface area contributed by atoms with Gasteiger partial charge < -0.3 is 10.3 Å². The quantitative estimate of drug-likeness (QED) is 0.867. The van der Waals surface area contributed by atoms with Gasteiger partial charge in [-0.05, 0) is 19.4 Å². The Kier molecular flexibility index (Phi) is 2.73. The third-order valence-electron chi connectivity index (χ3n) is 2.20. The lowest BCUT2D eigenvalue weighted by Crippen LogP contribution is -1.98. The molecule has 2 aromatic rings. The summed E-state index contributed by atoms with van der Waals surface area (Å²) in [6.07, 6.45) is 2.82. The second-order valence-corrected chi connectivity index (χ2v) is 4.77. The first-order valence-corrected chi connectivity index (χ1v) is 5.78. The number of anilines is 1. The first-order chi connectivity index (χ1) is 7.22. The summed E-state index contributed by atoms with van der Waals surface area (Å²) in [4.78, 5) is 1.20. The van der Waals surface area contributed by atoms with E-state index in [9.17, 15) is 0 Å². The van der Waals surface area contributed by atoms with Gasteiger partial charge in [-0.1, -0.05) is 6.92 Å². The molecule has 2 rings (SSSR count). The lowest BCUT2D eigenvalue weighted by Gasteiger charge is -2.03.